The Labute approximate surface area is 176 Å². The molecule has 2 aromatic rings. The summed E-state index contributed by atoms with van der Waals surface area (Å²) in [6.45, 7) is -2.49. The number of nitrogens with zero attached hydrogens (tertiary/aromatic N) is 4. The molecule has 0 aliphatic carbocycles. The van der Waals surface area contributed by atoms with Crippen LogP contribution in [0.1, 0.15) is 11.4 Å². The van der Waals surface area contributed by atoms with E-state index < -0.39 is 6.61 Å². The summed E-state index contributed by atoms with van der Waals surface area (Å²) in [5.41, 5.74) is 0.374. The van der Waals surface area contributed by atoms with Crippen molar-refractivity contribution in [3.8, 4) is 5.75 Å². The molecular weight excluding hydrogens is 504 g/mol. The van der Waals surface area contributed by atoms with Crippen molar-refractivity contribution >= 4 is 53.1 Å². The summed E-state index contributed by atoms with van der Waals surface area (Å²) in [6, 6.07) is 2.83. The van der Waals surface area contributed by atoms with Gasteiger partial charge in [0.05, 0.1) is 11.6 Å². The third-order valence-electron chi connectivity index (χ3n) is 3.18. The van der Waals surface area contributed by atoms with Gasteiger partial charge in [-0.1, -0.05) is 23.2 Å². The molecule has 0 aliphatic rings. The summed E-state index contributed by atoms with van der Waals surface area (Å²) in [5.74, 6) is 1.01. The second-order valence-corrected chi connectivity index (χ2v) is 5.68. The van der Waals surface area contributed by atoms with Gasteiger partial charge in [-0.25, -0.2) is 4.98 Å². The fraction of sp³-hybridized carbons (Fsp3) is 0.357. The van der Waals surface area contributed by atoms with Crippen molar-refractivity contribution in [2.45, 2.75) is 19.7 Å². The van der Waals surface area contributed by atoms with E-state index in [9.17, 15) is 8.78 Å². The zero-order valence-corrected chi connectivity index (χ0v) is 17.7. The Kier molecular flexibility index (Phi) is 9.30. The Balaban J connectivity index is 0.00000338. The number of ether oxygens (including phenoxy) is 1. The van der Waals surface area contributed by atoms with E-state index >= 15 is 0 Å². The molecule has 0 saturated heterocycles. The number of benzene rings is 1. The van der Waals surface area contributed by atoms with Crippen molar-refractivity contribution in [1.82, 2.24) is 25.4 Å². The molecule has 7 nitrogen and oxygen atoms in total. The first-order valence-electron chi connectivity index (χ1n) is 7.10. The van der Waals surface area contributed by atoms with Crippen LogP contribution >= 0.6 is 47.2 Å². The molecule has 0 spiro atoms. The summed E-state index contributed by atoms with van der Waals surface area (Å²) in [7, 11) is 3.34. The lowest BCUT2D eigenvalue weighted by molar-refractivity contribution is -0.0504. The third kappa shape index (κ3) is 6.40. The molecule has 2 rings (SSSR count). The van der Waals surface area contributed by atoms with Crippen LogP contribution < -0.4 is 15.4 Å². The quantitative estimate of drug-likeness (QED) is 0.347. The summed E-state index contributed by atoms with van der Waals surface area (Å²) in [4.78, 5) is 8.13. The van der Waals surface area contributed by atoms with Gasteiger partial charge in [0.2, 0.25) is 0 Å². The SMILES string of the molecule is CN=C(NCc1cc(Cl)cc(Cl)c1OC(F)F)NCc1ncnn1C.I. The molecule has 2 N–H and O–H groups in total. The average Bonchev–Trinajstić information content (AvgIpc) is 2.95. The molecule has 0 fully saturated rings. The van der Waals surface area contributed by atoms with Crippen LogP contribution in [0.5, 0.6) is 5.75 Å². The van der Waals surface area contributed by atoms with Crippen molar-refractivity contribution in [1.29, 1.82) is 0 Å². The number of halogens is 5. The van der Waals surface area contributed by atoms with Gasteiger partial charge in [0.15, 0.2) is 5.96 Å². The van der Waals surface area contributed by atoms with Crippen molar-refractivity contribution in [2.75, 3.05) is 7.05 Å². The van der Waals surface area contributed by atoms with Crippen LogP contribution in [0.4, 0.5) is 8.78 Å². The number of aliphatic imine (C=N–C) groups is 1. The fourth-order valence-electron chi connectivity index (χ4n) is 2.01. The largest absolute Gasteiger partial charge is 0.433 e. The minimum atomic E-state index is -2.99. The van der Waals surface area contributed by atoms with Crippen LogP contribution in [0.15, 0.2) is 23.5 Å². The van der Waals surface area contributed by atoms with Gasteiger partial charge in [-0.15, -0.1) is 24.0 Å². The van der Waals surface area contributed by atoms with Crippen LogP contribution in [-0.2, 0) is 20.1 Å². The highest BCUT2D eigenvalue weighted by atomic mass is 127. The molecule has 0 radical (unpaired) electrons. The van der Waals surface area contributed by atoms with Crippen molar-refractivity contribution in [3.05, 3.63) is 39.9 Å². The number of nitrogens with one attached hydrogen (secondary N) is 2. The molecule has 1 aromatic heterocycles. The molecule has 1 heterocycles. The van der Waals surface area contributed by atoms with Gasteiger partial charge < -0.3 is 15.4 Å². The zero-order valence-electron chi connectivity index (χ0n) is 13.8. The van der Waals surface area contributed by atoms with Crippen LogP contribution in [0, 0.1) is 0 Å². The molecule has 0 atom stereocenters. The average molecular weight is 521 g/mol. The number of guanidine groups is 1. The number of aryl methyl sites for hydroxylation is 1. The van der Waals surface area contributed by atoms with Crippen molar-refractivity contribution in [2.24, 2.45) is 12.0 Å². The van der Waals surface area contributed by atoms with E-state index in [-0.39, 0.29) is 41.3 Å². The fourth-order valence-corrected chi connectivity index (χ4v) is 2.59. The minimum absolute atomic E-state index is 0. The lowest BCUT2D eigenvalue weighted by Gasteiger charge is -2.15. The minimum Gasteiger partial charge on any atom is -0.433 e. The van der Waals surface area contributed by atoms with E-state index in [4.69, 9.17) is 23.2 Å². The molecule has 144 valence electrons. The number of rotatable bonds is 6. The Morgan fingerprint density at radius 3 is 2.58 bits per heavy atom. The van der Waals surface area contributed by atoms with Crippen molar-refractivity contribution < 1.29 is 13.5 Å². The van der Waals surface area contributed by atoms with E-state index in [1.807, 2.05) is 0 Å². The number of alkyl halides is 2. The van der Waals surface area contributed by atoms with Gasteiger partial charge in [-0.2, -0.15) is 13.9 Å². The van der Waals surface area contributed by atoms with Gasteiger partial charge in [-0.3, -0.25) is 9.67 Å². The maximum atomic E-state index is 12.6. The molecule has 0 aliphatic heterocycles. The Morgan fingerprint density at radius 1 is 1.31 bits per heavy atom. The van der Waals surface area contributed by atoms with E-state index in [2.05, 4.69) is 30.4 Å². The molecule has 1 aromatic carbocycles. The van der Waals surface area contributed by atoms with Crippen LogP contribution in [0.3, 0.4) is 0 Å². The highest BCUT2D eigenvalue weighted by Crippen LogP contribution is 2.33. The van der Waals surface area contributed by atoms with E-state index in [0.717, 1.165) is 0 Å². The number of hydrogen-bond acceptors (Lipinski definition) is 4. The molecule has 0 unspecified atom stereocenters. The number of hydrogen-bond donors (Lipinski definition) is 2. The van der Waals surface area contributed by atoms with Crippen LogP contribution in [0.25, 0.3) is 0 Å². The van der Waals surface area contributed by atoms with Gasteiger partial charge in [-0.05, 0) is 12.1 Å². The molecule has 0 amide bonds. The first-order chi connectivity index (χ1) is 11.9. The first kappa shape index (κ1) is 22.6. The lowest BCUT2D eigenvalue weighted by Crippen LogP contribution is -2.37. The standard InChI is InChI=1S/C14H16Cl2F2N6O.HI/c1-19-14(21-6-11-22-7-23-24(11)2)20-5-8-3-9(15)4-10(16)12(8)25-13(17)18;/h3-4,7,13H,5-6H2,1-2H3,(H2,19,20,21);1H. The lowest BCUT2D eigenvalue weighted by atomic mass is 10.2. The maximum absolute atomic E-state index is 12.6. The monoisotopic (exact) mass is 520 g/mol. The van der Waals surface area contributed by atoms with Crippen LogP contribution in [0.2, 0.25) is 10.0 Å². The second-order valence-electron chi connectivity index (χ2n) is 4.83. The topological polar surface area (TPSA) is 76.4 Å². The number of aromatic nitrogens is 3. The highest BCUT2D eigenvalue weighted by Gasteiger charge is 2.15. The molecule has 0 saturated carbocycles. The summed E-state index contributed by atoms with van der Waals surface area (Å²) >= 11 is 11.9. The molecule has 0 bridgehead atoms. The maximum Gasteiger partial charge on any atom is 0.387 e. The highest BCUT2D eigenvalue weighted by molar-refractivity contribution is 14.0. The summed E-state index contributed by atoms with van der Waals surface area (Å²) in [5, 5.41) is 10.3. The van der Waals surface area contributed by atoms with E-state index in [1.165, 1.54) is 18.5 Å². The Morgan fingerprint density at radius 2 is 2.00 bits per heavy atom. The molecule has 26 heavy (non-hydrogen) atoms. The predicted molar refractivity (Wildman–Crippen MR) is 107 cm³/mol. The first-order valence-corrected chi connectivity index (χ1v) is 7.86. The van der Waals surface area contributed by atoms with Crippen LogP contribution in [-0.4, -0.2) is 34.4 Å². The summed E-state index contributed by atoms with van der Waals surface area (Å²) in [6.07, 6.45) is 1.44. The van der Waals surface area contributed by atoms with Gasteiger partial charge in [0.1, 0.15) is 17.9 Å². The van der Waals surface area contributed by atoms with Crippen molar-refractivity contribution in [3.63, 3.8) is 0 Å². The third-order valence-corrected chi connectivity index (χ3v) is 3.68. The predicted octanol–water partition coefficient (Wildman–Crippen LogP) is 3.21. The zero-order chi connectivity index (χ0) is 18.4. The molecule has 12 heteroatoms. The van der Waals surface area contributed by atoms with Gasteiger partial charge in [0.25, 0.3) is 0 Å². The second kappa shape index (κ2) is 10.7. The normalized spacial score (nSPS) is 11.3. The van der Waals surface area contributed by atoms with E-state index in [1.54, 1.807) is 18.8 Å². The Hall–Kier alpha value is -1.40. The molecular formula is C14H17Cl2F2IN6O. The Bertz CT molecular complexity index is 759. The smallest absolute Gasteiger partial charge is 0.387 e. The van der Waals surface area contributed by atoms with Gasteiger partial charge in [0, 0.05) is 31.2 Å². The van der Waals surface area contributed by atoms with Gasteiger partial charge >= 0.3 is 6.61 Å². The summed E-state index contributed by atoms with van der Waals surface area (Å²) < 4.78 is 31.3. The van der Waals surface area contributed by atoms with E-state index in [0.29, 0.717) is 28.9 Å².